The number of para-hydroxylation sites is 1. The van der Waals surface area contributed by atoms with E-state index in [1.54, 1.807) is 0 Å². The van der Waals surface area contributed by atoms with Crippen molar-refractivity contribution in [3.8, 4) is 0 Å². The highest BCUT2D eigenvalue weighted by Gasteiger charge is 2.24. The average molecular weight is 317 g/mol. The first-order chi connectivity index (χ1) is 11.1. The van der Waals surface area contributed by atoms with Gasteiger partial charge in [-0.05, 0) is 44.2 Å². The molecule has 1 atom stereocenters. The molecular formula is C18H27N3O2. The molecule has 5 heteroatoms. The first-order valence-electron chi connectivity index (χ1n) is 8.48. The van der Waals surface area contributed by atoms with E-state index in [1.807, 2.05) is 42.2 Å². The van der Waals surface area contributed by atoms with Gasteiger partial charge < -0.3 is 15.5 Å². The van der Waals surface area contributed by atoms with Crippen LogP contribution in [0.3, 0.4) is 0 Å². The molecule has 1 aliphatic heterocycles. The molecule has 2 N–H and O–H groups in total. The van der Waals surface area contributed by atoms with Gasteiger partial charge in [-0.2, -0.15) is 0 Å². The maximum absolute atomic E-state index is 12.2. The van der Waals surface area contributed by atoms with Gasteiger partial charge >= 0.3 is 6.03 Å². The van der Waals surface area contributed by atoms with Gasteiger partial charge in [0, 0.05) is 31.2 Å². The quantitative estimate of drug-likeness (QED) is 0.876. The molecule has 1 heterocycles. The van der Waals surface area contributed by atoms with Crippen molar-refractivity contribution in [3.63, 3.8) is 0 Å². The van der Waals surface area contributed by atoms with E-state index in [0.29, 0.717) is 25.4 Å². The van der Waals surface area contributed by atoms with Gasteiger partial charge in [0.2, 0.25) is 5.91 Å². The molecule has 1 fully saturated rings. The highest BCUT2D eigenvalue weighted by atomic mass is 16.2. The summed E-state index contributed by atoms with van der Waals surface area (Å²) in [5.74, 6) is 0.506. The molecule has 1 aromatic carbocycles. The van der Waals surface area contributed by atoms with Crippen molar-refractivity contribution in [2.75, 3.05) is 18.4 Å². The molecule has 0 aliphatic carbocycles. The Hall–Kier alpha value is -2.04. The van der Waals surface area contributed by atoms with Gasteiger partial charge in [0.25, 0.3) is 0 Å². The predicted octanol–water partition coefficient (Wildman–Crippen LogP) is 3.24. The zero-order chi connectivity index (χ0) is 16.7. The first-order valence-corrected chi connectivity index (χ1v) is 8.48. The average Bonchev–Trinajstić information content (AvgIpc) is 2.56. The number of carbonyl (C=O) groups excluding carboxylic acids is 2. The second kappa shape index (κ2) is 8.56. The minimum Gasteiger partial charge on any atom is -0.354 e. The van der Waals surface area contributed by atoms with Crippen LogP contribution in [0.1, 0.15) is 39.5 Å². The van der Waals surface area contributed by atoms with E-state index >= 15 is 0 Å². The normalized spacial score (nSPS) is 16.7. The molecule has 3 amide bonds. The summed E-state index contributed by atoms with van der Waals surface area (Å²) < 4.78 is 0. The summed E-state index contributed by atoms with van der Waals surface area (Å²) in [6.45, 7) is 5.50. The molecule has 126 valence electrons. The van der Waals surface area contributed by atoms with E-state index in [2.05, 4.69) is 17.6 Å². The van der Waals surface area contributed by atoms with Crippen molar-refractivity contribution < 1.29 is 9.59 Å². The number of benzene rings is 1. The zero-order valence-electron chi connectivity index (χ0n) is 14.0. The van der Waals surface area contributed by atoms with E-state index in [4.69, 9.17) is 0 Å². The number of piperidine rings is 1. The monoisotopic (exact) mass is 317 g/mol. The summed E-state index contributed by atoms with van der Waals surface area (Å²) in [4.78, 5) is 26.0. The lowest BCUT2D eigenvalue weighted by Gasteiger charge is -2.32. The van der Waals surface area contributed by atoms with Crippen molar-refractivity contribution in [1.82, 2.24) is 10.2 Å². The number of rotatable bonds is 5. The van der Waals surface area contributed by atoms with Crippen LogP contribution in [0.25, 0.3) is 0 Å². The van der Waals surface area contributed by atoms with Crippen molar-refractivity contribution in [2.45, 2.75) is 45.6 Å². The topological polar surface area (TPSA) is 61.4 Å². The third kappa shape index (κ3) is 5.58. The summed E-state index contributed by atoms with van der Waals surface area (Å²) >= 11 is 0. The van der Waals surface area contributed by atoms with Crippen LogP contribution in [0.5, 0.6) is 0 Å². The Kier molecular flexibility index (Phi) is 6.44. The third-order valence-corrected chi connectivity index (χ3v) is 4.42. The van der Waals surface area contributed by atoms with Crippen LogP contribution in [0.2, 0.25) is 0 Å². The molecule has 2 rings (SSSR count). The second-order valence-electron chi connectivity index (χ2n) is 6.31. The molecule has 1 saturated heterocycles. The Bertz CT molecular complexity index is 510. The molecule has 0 bridgehead atoms. The molecule has 1 unspecified atom stereocenters. The summed E-state index contributed by atoms with van der Waals surface area (Å²) in [5.41, 5.74) is 0.813. The van der Waals surface area contributed by atoms with Gasteiger partial charge in [-0.15, -0.1) is 0 Å². The maximum Gasteiger partial charge on any atom is 0.321 e. The fourth-order valence-corrected chi connectivity index (χ4v) is 2.76. The van der Waals surface area contributed by atoms with Gasteiger partial charge in [-0.1, -0.05) is 25.1 Å². The van der Waals surface area contributed by atoms with E-state index in [9.17, 15) is 9.59 Å². The molecule has 0 radical (unpaired) electrons. The number of nitrogens with one attached hydrogen (secondary N) is 2. The standard InChI is InChI=1S/C18H27N3O2/c1-3-14(2)19-17(22)13-15-9-11-21(12-10-15)18(23)20-16-7-5-4-6-8-16/h4-8,14-15H,3,9-13H2,1-2H3,(H,19,22)(H,20,23). The van der Waals surface area contributed by atoms with Crippen LogP contribution in [-0.4, -0.2) is 36.0 Å². The molecule has 0 aromatic heterocycles. The number of urea groups is 1. The van der Waals surface area contributed by atoms with Gasteiger partial charge in [0.05, 0.1) is 0 Å². The largest absolute Gasteiger partial charge is 0.354 e. The lowest BCUT2D eigenvalue weighted by Crippen LogP contribution is -2.42. The Labute approximate surface area is 138 Å². The van der Waals surface area contributed by atoms with E-state index in [-0.39, 0.29) is 18.0 Å². The second-order valence-corrected chi connectivity index (χ2v) is 6.31. The summed E-state index contributed by atoms with van der Waals surface area (Å²) in [6, 6.07) is 9.66. The highest BCUT2D eigenvalue weighted by Crippen LogP contribution is 2.21. The maximum atomic E-state index is 12.2. The van der Waals surface area contributed by atoms with Gasteiger partial charge in [0.15, 0.2) is 0 Å². The Morgan fingerprint density at radius 1 is 1.22 bits per heavy atom. The molecule has 1 aliphatic rings. The van der Waals surface area contributed by atoms with Crippen molar-refractivity contribution in [2.24, 2.45) is 5.92 Å². The lowest BCUT2D eigenvalue weighted by molar-refractivity contribution is -0.122. The van der Waals surface area contributed by atoms with Gasteiger partial charge in [-0.25, -0.2) is 4.79 Å². The molecule has 1 aromatic rings. The Morgan fingerprint density at radius 2 is 1.87 bits per heavy atom. The number of anilines is 1. The van der Waals surface area contributed by atoms with Gasteiger partial charge in [0.1, 0.15) is 0 Å². The van der Waals surface area contributed by atoms with Crippen molar-refractivity contribution >= 4 is 17.6 Å². The van der Waals surface area contributed by atoms with Crippen LogP contribution in [0, 0.1) is 5.92 Å². The molecule has 23 heavy (non-hydrogen) atoms. The SMILES string of the molecule is CCC(C)NC(=O)CC1CCN(C(=O)Nc2ccccc2)CC1. The van der Waals surface area contributed by atoms with Crippen LogP contribution in [0.4, 0.5) is 10.5 Å². The molecular weight excluding hydrogens is 290 g/mol. The molecule has 5 nitrogen and oxygen atoms in total. The third-order valence-electron chi connectivity index (χ3n) is 4.42. The van der Waals surface area contributed by atoms with Gasteiger partial charge in [-0.3, -0.25) is 4.79 Å². The number of carbonyl (C=O) groups is 2. The van der Waals surface area contributed by atoms with E-state index in [1.165, 1.54) is 0 Å². The van der Waals surface area contributed by atoms with E-state index < -0.39 is 0 Å². The number of hydrogen-bond acceptors (Lipinski definition) is 2. The minimum absolute atomic E-state index is 0.0568. The van der Waals surface area contributed by atoms with Crippen LogP contribution < -0.4 is 10.6 Å². The number of hydrogen-bond donors (Lipinski definition) is 2. The first kappa shape index (κ1) is 17.3. The van der Waals surface area contributed by atoms with Crippen LogP contribution in [0.15, 0.2) is 30.3 Å². The number of amides is 3. The van der Waals surface area contributed by atoms with Crippen molar-refractivity contribution in [3.05, 3.63) is 30.3 Å². The Balaban J connectivity index is 1.73. The number of nitrogens with zero attached hydrogens (tertiary/aromatic N) is 1. The summed E-state index contributed by atoms with van der Waals surface area (Å²) in [7, 11) is 0. The number of likely N-dealkylation sites (tertiary alicyclic amines) is 1. The lowest BCUT2D eigenvalue weighted by atomic mass is 9.93. The fraction of sp³-hybridized carbons (Fsp3) is 0.556. The van der Waals surface area contributed by atoms with Crippen LogP contribution in [-0.2, 0) is 4.79 Å². The smallest absolute Gasteiger partial charge is 0.321 e. The highest BCUT2D eigenvalue weighted by molar-refractivity contribution is 5.89. The minimum atomic E-state index is -0.0568. The van der Waals surface area contributed by atoms with E-state index in [0.717, 1.165) is 24.9 Å². The molecule has 0 saturated carbocycles. The fourth-order valence-electron chi connectivity index (χ4n) is 2.76. The summed E-state index contributed by atoms with van der Waals surface area (Å²) in [6.07, 6.45) is 3.29. The zero-order valence-corrected chi connectivity index (χ0v) is 14.0. The van der Waals surface area contributed by atoms with Crippen LogP contribution >= 0.6 is 0 Å². The summed E-state index contributed by atoms with van der Waals surface area (Å²) in [5, 5.41) is 5.92. The Morgan fingerprint density at radius 3 is 2.48 bits per heavy atom. The predicted molar refractivity (Wildman–Crippen MR) is 92.3 cm³/mol. The van der Waals surface area contributed by atoms with Crippen molar-refractivity contribution in [1.29, 1.82) is 0 Å². The molecule has 0 spiro atoms.